The minimum atomic E-state index is -1.30. The van der Waals surface area contributed by atoms with Gasteiger partial charge in [0.05, 0.1) is 13.5 Å². The second-order valence-corrected chi connectivity index (χ2v) is 7.14. The number of amides is 3. The lowest BCUT2D eigenvalue weighted by atomic mass is 10.0. The summed E-state index contributed by atoms with van der Waals surface area (Å²) >= 11 is 0. The molecule has 1 rings (SSSR count). The van der Waals surface area contributed by atoms with Gasteiger partial charge in [-0.05, 0) is 26.3 Å². The Labute approximate surface area is 163 Å². The summed E-state index contributed by atoms with van der Waals surface area (Å²) in [7, 11) is 1.20. The van der Waals surface area contributed by atoms with Crippen molar-refractivity contribution < 1.29 is 28.7 Å². The molecule has 0 aliphatic heterocycles. The molecule has 0 aliphatic rings. The summed E-state index contributed by atoms with van der Waals surface area (Å²) in [4.78, 5) is 47.9. The highest BCUT2D eigenvalue weighted by Gasteiger charge is 2.30. The van der Waals surface area contributed by atoms with E-state index < -0.39 is 48.0 Å². The first-order valence-corrected chi connectivity index (χ1v) is 8.71. The molecule has 9 nitrogen and oxygen atoms in total. The Morgan fingerprint density at radius 2 is 1.64 bits per heavy atom. The largest absolute Gasteiger partial charge is 0.467 e. The Morgan fingerprint density at radius 1 is 1.04 bits per heavy atom. The van der Waals surface area contributed by atoms with Crippen molar-refractivity contribution in [1.29, 1.82) is 0 Å². The van der Waals surface area contributed by atoms with Crippen LogP contribution in [0.25, 0.3) is 0 Å². The van der Waals surface area contributed by atoms with E-state index in [9.17, 15) is 19.2 Å². The summed E-state index contributed by atoms with van der Waals surface area (Å²) in [6.07, 6.45) is -1.16. The van der Waals surface area contributed by atoms with E-state index in [-0.39, 0.29) is 6.42 Å². The average Bonchev–Trinajstić information content (AvgIpc) is 2.58. The molecule has 0 heterocycles. The van der Waals surface area contributed by atoms with Gasteiger partial charge in [-0.3, -0.25) is 9.59 Å². The summed E-state index contributed by atoms with van der Waals surface area (Å²) in [5, 5.41) is 4.80. The Bertz CT molecular complexity index is 699. The van der Waals surface area contributed by atoms with Crippen LogP contribution < -0.4 is 16.4 Å². The maximum absolute atomic E-state index is 12.6. The van der Waals surface area contributed by atoms with Crippen LogP contribution in [0.5, 0.6) is 0 Å². The van der Waals surface area contributed by atoms with Crippen LogP contribution in [0.15, 0.2) is 30.3 Å². The van der Waals surface area contributed by atoms with Gasteiger partial charge in [0.2, 0.25) is 11.8 Å². The Morgan fingerprint density at radius 3 is 2.14 bits per heavy atom. The fraction of sp³-hybridized carbons (Fsp3) is 0.474. The van der Waals surface area contributed by atoms with Crippen molar-refractivity contribution in [2.45, 2.75) is 51.3 Å². The number of hydrogen-bond acceptors (Lipinski definition) is 6. The van der Waals surface area contributed by atoms with E-state index in [1.165, 1.54) is 7.11 Å². The lowest BCUT2D eigenvalue weighted by Crippen LogP contribution is -2.54. The van der Waals surface area contributed by atoms with Crippen molar-refractivity contribution in [3.05, 3.63) is 35.9 Å². The van der Waals surface area contributed by atoms with Crippen LogP contribution >= 0.6 is 0 Å². The molecule has 0 fully saturated rings. The minimum absolute atomic E-state index is 0.176. The Balaban J connectivity index is 2.90. The molecule has 3 amide bonds. The summed E-state index contributed by atoms with van der Waals surface area (Å²) in [6, 6.07) is 6.70. The highest BCUT2D eigenvalue weighted by atomic mass is 16.6. The highest BCUT2D eigenvalue weighted by Crippen LogP contribution is 2.08. The summed E-state index contributed by atoms with van der Waals surface area (Å²) in [5.74, 6) is -2.21. The molecule has 154 valence electrons. The number of carbonyl (C=O) groups is 4. The molecule has 0 bridgehead atoms. The van der Waals surface area contributed by atoms with Crippen LogP contribution in [0.2, 0.25) is 0 Å². The van der Waals surface area contributed by atoms with Gasteiger partial charge in [-0.25, -0.2) is 9.59 Å². The normalized spacial score (nSPS) is 13.0. The second kappa shape index (κ2) is 10.3. The van der Waals surface area contributed by atoms with Crippen LogP contribution in [-0.4, -0.2) is 48.7 Å². The predicted octanol–water partition coefficient (Wildman–Crippen LogP) is 0.656. The molecule has 1 aromatic carbocycles. The van der Waals surface area contributed by atoms with Crippen LogP contribution in [-0.2, 0) is 30.3 Å². The number of nitrogens with one attached hydrogen (secondary N) is 2. The number of benzene rings is 1. The summed E-state index contributed by atoms with van der Waals surface area (Å²) < 4.78 is 9.83. The van der Waals surface area contributed by atoms with E-state index in [4.69, 9.17) is 15.2 Å². The molecule has 0 radical (unpaired) electrons. The number of rotatable bonds is 8. The number of carbonyl (C=O) groups excluding carboxylic acids is 4. The predicted molar refractivity (Wildman–Crippen MR) is 101 cm³/mol. The molecule has 4 N–H and O–H groups in total. The minimum Gasteiger partial charge on any atom is -0.467 e. The van der Waals surface area contributed by atoms with E-state index >= 15 is 0 Å². The van der Waals surface area contributed by atoms with Gasteiger partial charge in [0.1, 0.15) is 17.7 Å². The molecule has 1 aromatic rings. The smallest absolute Gasteiger partial charge is 0.408 e. The first-order chi connectivity index (χ1) is 13.0. The third-order valence-corrected chi connectivity index (χ3v) is 3.50. The molecule has 0 spiro atoms. The monoisotopic (exact) mass is 393 g/mol. The topological polar surface area (TPSA) is 137 Å². The van der Waals surface area contributed by atoms with Gasteiger partial charge in [0, 0.05) is 6.42 Å². The van der Waals surface area contributed by atoms with Crippen LogP contribution in [0.1, 0.15) is 32.8 Å². The molecule has 2 unspecified atom stereocenters. The van der Waals surface area contributed by atoms with Crippen LogP contribution in [0, 0.1) is 0 Å². The maximum Gasteiger partial charge on any atom is 0.408 e. The van der Waals surface area contributed by atoms with E-state index in [1.54, 1.807) is 45.0 Å². The molecular formula is C19H27N3O6. The standard InChI is InChI=1S/C19H27N3O6/c1-19(2,3)28-18(26)22-13(11-15(20)23)16(24)21-14(17(25)27-4)10-12-8-6-5-7-9-12/h5-9,13-14H,10-11H2,1-4H3,(H2,20,23)(H,21,24)(H,22,26). The molecule has 2 atom stereocenters. The van der Waals surface area contributed by atoms with Crippen molar-refractivity contribution in [2.75, 3.05) is 7.11 Å². The maximum atomic E-state index is 12.6. The fourth-order valence-corrected chi connectivity index (χ4v) is 2.32. The Kier molecular flexibility index (Phi) is 8.43. The van der Waals surface area contributed by atoms with E-state index in [2.05, 4.69) is 10.6 Å². The van der Waals surface area contributed by atoms with Gasteiger partial charge in [-0.2, -0.15) is 0 Å². The third-order valence-electron chi connectivity index (χ3n) is 3.50. The zero-order chi connectivity index (χ0) is 21.3. The van der Waals surface area contributed by atoms with Crippen molar-refractivity contribution in [3.63, 3.8) is 0 Å². The lowest BCUT2D eigenvalue weighted by molar-refractivity contribution is -0.145. The SMILES string of the molecule is COC(=O)C(Cc1ccccc1)NC(=O)C(CC(N)=O)NC(=O)OC(C)(C)C. The lowest BCUT2D eigenvalue weighted by Gasteiger charge is -2.24. The van der Waals surface area contributed by atoms with Gasteiger partial charge in [-0.1, -0.05) is 30.3 Å². The quantitative estimate of drug-likeness (QED) is 0.555. The van der Waals surface area contributed by atoms with Crippen LogP contribution in [0.4, 0.5) is 4.79 Å². The highest BCUT2D eigenvalue weighted by molar-refractivity contribution is 5.93. The first kappa shape index (κ1) is 22.9. The van der Waals surface area contributed by atoms with E-state index in [0.29, 0.717) is 0 Å². The zero-order valence-electron chi connectivity index (χ0n) is 16.5. The van der Waals surface area contributed by atoms with Crippen molar-refractivity contribution in [1.82, 2.24) is 10.6 Å². The molecule has 0 aliphatic carbocycles. The molecule has 0 saturated carbocycles. The number of hydrogen-bond donors (Lipinski definition) is 3. The number of ether oxygens (including phenoxy) is 2. The van der Waals surface area contributed by atoms with E-state index in [1.807, 2.05) is 6.07 Å². The zero-order valence-corrected chi connectivity index (χ0v) is 16.5. The fourth-order valence-electron chi connectivity index (χ4n) is 2.32. The third kappa shape index (κ3) is 8.52. The Hall–Kier alpha value is -3.10. The van der Waals surface area contributed by atoms with Gasteiger partial charge < -0.3 is 25.8 Å². The van der Waals surface area contributed by atoms with Crippen LogP contribution in [0.3, 0.4) is 0 Å². The van der Waals surface area contributed by atoms with Gasteiger partial charge in [0.25, 0.3) is 0 Å². The molecule has 28 heavy (non-hydrogen) atoms. The van der Waals surface area contributed by atoms with Crippen molar-refractivity contribution in [2.24, 2.45) is 5.73 Å². The summed E-state index contributed by atoms with van der Waals surface area (Å²) in [5.41, 5.74) is 5.18. The first-order valence-electron chi connectivity index (χ1n) is 8.71. The molecule has 0 saturated heterocycles. The number of nitrogens with two attached hydrogens (primary N) is 1. The van der Waals surface area contributed by atoms with Gasteiger partial charge in [0.15, 0.2) is 0 Å². The molecular weight excluding hydrogens is 366 g/mol. The molecule has 0 aromatic heterocycles. The number of methoxy groups -OCH3 is 1. The van der Waals surface area contributed by atoms with Crippen molar-refractivity contribution in [3.8, 4) is 0 Å². The average molecular weight is 393 g/mol. The van der Waals surface area contributed by atoms with Gasteiger partial charge in [-0.15, -0.1) is 0 Å². The number of esters is 1. The summed E-state index contributed by atoms with van der Waals surface area (Å²) in [6.45, 7) is 4.97. The second-order valence-electron chi connectivity index (χ2n) is 7.14. The molecule has 9 heteroatoms. The van der Waals surface area contributed by atoms with E-state index in [0.717, 1.165) is 5.56 Å². The van der Waals surface area contributed by atoms with Crippen molar-refractivity contribution >= 4 is 23.9 Å². The number of alkyl carbamates (subject to hydrolysis) is 1. The number of primary amides is 1. The van der Waals surface area contributed by atoms with Gasteiger partial charge >= 0.3 is 12.1 Å².